The van der Waals surface area contributed by atoms with Crippen molar-refractivity contribution in [1.82, 2.24) is 19.3 Å². The SMILES string of the molecule is Cc1ncc([N+](=O)[O-])n1Cc1ccn(-c2c(F)cccc2F)n1. The van der Waals surface area contributed by atoms with Crippen molar-refractivity contribution in [1.29, 1.82) is 0 Å². The standard InChI is InChI=1S/C14H11F2N5O2/c1-9-17-7-13(21(22)23)19(9)8-10-5-6-20(18-10)14-11(15)3-2-4-12(14)16/h2-7H,8H2,1H3. The number of nitro groups is 1. The fraction of sp³-hybridized carbons (Fsp3) is 0.143. The van der Waals surface area contributed by atoms with Gasteiger partial charge < -0.3 is 10.1 Å². The summed E-state index contributed by atoms with van der Waals surface area (Å²) in [6.07, 6.45) is 2.55. The van der Waals surface area contributed by atoms with Crippen molar-refractivity contribution in [2.45, 2.75) is 13.5 Å². The fourth-order valence-electron chi connectivity index (χ4n) is 2.24. The Morgan fingerprint density at radius 3 is 2.61 bits per heavy atom. The predicted octanol–water partition coefficient (Wildman–Crippen LogP) is 2.61. The molecule has 2 heterocycles. The maximum absolute atomic E-state index is 13.8. The van der Waals surface area contributed by atoms with Crippen LogP contribution in [0.25, 0.3) is 5.69 Å². The first-order valence-electron chi connectivity index (χ1n) is 6.63. The van der Waals surface area contributed by atoms with Gasteiger partial charge in [0.1, 0.15) is 24.1 Å². The summed E-state index contributed by atoms with van der Waals surface area (Å²) in [7, 11) is 0. The van der Waals surface area contributed by atoms with Crippen molar-refractivity contribution in [2.24, 2.45) is 0 Å². The molecule has 3 aromatic rings. The van der Waals surface area contributed by atoms with Gasteiger partial charge in [-0.05, 0) is 23.1 Å². The predicted molar refractivity (Wildman–Crippen MR) is 76.2 cm³/mol. The van der Waals surface area contributed by atoms with E-state index in [-0.39, 0.29) is 18.1 Å². The molecule has 23 heavy (non-hydrogen) atoms. The lowest BCUT2D eigenvalue weighted by Crippen LogP contribution is -2.08. The molecule has 0 aliphatic rings. The fourth-order valence-corrected chi connectivity index (χ4v) is 2.24. The van der Waals surface area contributed by atoms with Gasteiger partial charge in [-0.3, -0.25) is 0 Å². The Morgan fingerprint density at radius 1 is 1.26 bits per heavy atom. The minimum atomic E-state index is -0.746. The number of rotatable bonds is 4. The molecule has 0 bridgehead atoms. The Labute approximate surface area is 129 Å². The Kier molecular flexibility index (Phi) is 3.61. The van der Waals surface area contributed by atoms with Gasteiger partial charge in [-0.15, -0.1) is 0 Å². The van der Waals surface area contributed by atoms with Crippen LogP contribution in [0.5, 0.6) is 0 Å². The van der Waals surface area contributed by atoms with Crippen LogP contribution in [0.3, 0.4) is 0 Å². The number of imidazole rings is 1. The second-order valence-electron chi connectivity index (χ2n) is 4.83. The summed E-state index contributed by atoms with van der Waals surface area (Å²) >= 11 is 0. The lowest BCUT2D eigenvalue weighted by atomic mass is 10.3. The molecule has 0 aliphatic carbocycles. The number of aromatic nitrogens is 4. The van der Waals surface area contributed by atoms with Crippen LogP contribution in [0, 0.1) is 28.7 Å². The summed E-state index contributed by atoms with van der Waals surface area (Å²) in [4.78, 5) is 14.3. The van der Waals surface area contributed by atoms with Gasteiger partial charge in [0, 0.05) is 13.1 Å². The summed E-state index contributed by atoms with van der Waals surface area (Å²) in [5.74, 6) is -1.22. The molecule has 0 saturated heterocycles. The molecule has 0 N–H and O–H groups in total. The molecule has 7 nitrogen and oxygen atoms in total. The van der Waals surface area contributed by atoms with E-state index >= 15 is 0 Å². The number of aryl methyl sites for hydroxylation is 1. The summed E-state index contributed by atoms with van der Waals surface area (Å²) in [5.41, 5.74) is 0.118. The molecule has 2 aromatic heterocycles. The maximum atomic E-state index is 13.8. The van der Waals surface area contributed by atoms with Crippen LogP contribution in [-0.2, 0) is 6.54 Å². The molecular weight excluding hydrogens is 308 g/mol. The van der Waals surface area contributed by atoms with Crippen LogP contribution in [0.1, 0.15) is 11.5 Å². The van der Waals surface area contributed by atoms with Gasteiger partial charge in [0.15, 0.2) is 17.5 Å². The molecule has 0 spiro atoms. The second-order valence-corrected chi connectivity index (χ2v) is 4.83. The third kappa shape index (κ3) is 2.68. The molecule has 0 aliphatic heterocycles. The maximum Gasteiger partial charge on any atom is 0.343 e. The highest BCUT2D eigenvalue weighted by Gasteiger charge is 2.19. The van der Waals surface area contributed by atoms with Gasteiger partial charge in [-0.1, -0.05) is 6.07 Å². The minimum absolute atomic E-state index is 0.0746. The second kappa shape index (κ2) is 5.59. The van der Waals surface area contributed by atoms with Crippen LogP contribution in [0.2, 0.25) is 0 Å². The smallest absolute Gasteiger partial charge is 0.343 e. The quantitative estimate of drug-likeness (QED) is 0.547. The summed E-state index contributed by atoms with van der Waals surface area (Å²) < 4.78 is 29.9. The Bertz CT molecular complexity index is 867. The third-order valence-electron chi connectivity index (χ3n) is 3.35. The van der Waals surface area contributed by atoms with E-state index in [1.807, 2.05) is 0 Å². The molecule has 0 fully saturated rings. The van der Waals surface area contributed by atoms with Gasteiger partial charge in [-0.25, -0.2) is 23.0 Å². The Morgan fingerprint density at radius 2 is 1.96 bits per heavy atom. The monoisotopic (exact) mass is 319 g/mol. The summed E-state index contributed by atoms with van der Waals surface area (Å²) in [5, 5.41) is 15.0. The van der Waals surface area contributed by atoms with Crippen LogP contribution in [0.15, 0.2) is 36.7 Å². The van der Waals surface area contributed by atoms with Crippen molar-refractivity contribution in [3.63, 3.8) is 0 Å². The van der Waals surface area contributed by atoms with Crippen molar-refractivity contribution in [3.8, 4) is 5.69 Å². The van der Waals surface area contributed by atoms with E-state index in [2.05, 4.69) is 10.1 Å². The lowest BCUT2D eigenvalue weighted by molar-refractivity contribution is -0.392. The third-order valence-corrected chi connectivity index (χ3v) is 3.35. The number of nitrogens with zero attached hydrogens (tertiary/aromatic N) is 5. The average Bonchev–Trinajstić information content (AvgIpc) is 3.07. The van der Waals surface area contributed by atoms with Crippen LogP contribution in [0.4, 0.5) is 14.6 Å². The van der Waals surface area contributed by atoms with E-state index in [1.54, 1.807) is 6.92 Å². The van der Waals surface area contributed by atoms with Crippen molar-refractivity contribution >= 4 is 5.82 Å². The van der Waals surface area contributed by atoms with Gasteiger partial charge in [0.05, 0.1) is 0 Å². The first kappa shape index (κ1) is 14.8. The average molecular weight is 319 g/mol. The molecule has 0 unspecified atom stereocenters. The van der Waals surface area contributed by atoms with E-state index in [0.717, 1.165) is 23.0 Å². The topological polar surface area (TPSA) is 78.8 Å². The number of hydrogen-bond donors (Lipinski definition) is 0. The van der Waals surface area contributed by atoms with Gasteiger partial charge >= 0.3 is 5.82 Å². The van der Waals surface area contributed by atoms with Gasteiger partial charge in [0.2, 0.25) is 0 Å². The Balaban J connectivity index is 1.95. The molecule has 118 valence electrons. The number of hydrogen-bond acceptors (Lipinski definition) is 4. The van der Waals surface area contributed by atoms with Crippen LogP contribution < -0.4 is 0 Å². The normalized spacial score (nSPS) is 10.9. The van der Waals surface area contributed by atoms with Crippen molar-refractivity contribution in [3.05, 3.63) is 69.9 Å². The van der Waals surface area contributed by atoms with Crippen molar-refractivity contribution in [2.75, 3.05) is 0 Å². The zero-order valence-electron chi connectivity index (χ0n) is 12.0. The highest BCUT2D eigenvalue weighted by Crippen LogP contribution is 2.19. The molecule has 0 atom stereocenters. The van der Waals surface area contributed by atoms with E-state index in [1.165, 1.54) is 22.9 Å². The summed E-state index contributed by atoms with van der Waals surface area (Å²) in [6, 6.07) is 5.06. The Hall–Kier alpha value is -3.10. The van der Waals surface area contributed by atoms with E-state index in [0.29, 0.717) is 11.5 Å². The largest absolute Gasteiger partial charge is 0.358 e. The van der Waals surface area contributed by atoms with Gasteiger partial charge in [-0.2, -0.15) is 5.10 Å². The van der Waals surface area contributed by atoms with Crippen LogP contribution in [-0.4, -0.2) is 24.3 Å². The van der Waals surface area contributed by atoms with Crippen molar-refractivity contribution < 1.29 is 13.7 Å². The van der Waals surface area contributed by atoms with E-state index < -0.39 is 16.6 Å². The highest BCUT2D eigenvalue weighted by molar-refractivity contribution is 5.34. The molecule has 1 aromatic carbocycles. The molecular formula is C14H11F2N5O2. The number of benzene rings is 1. The number of para-hydroxylation sites is 1. The minimum Gasteiger partial charge on any atom is -0.358 e. The molecule has 0 saturated carbocycles. The summed E-state index contributed by atoms with van der Waals surface area (Å²) in [6.45, 7) is 1.70. The van der Waals surface area contributed by atoms with E-state index in [9.17, 15) is 18.9 Å². The zero-order valence-corrected chi connectivity index (χ0v) is 12.0. The first-order valence-corrected chi connectivity index (χ1v) is 6.63. The zero-order chi connectivity index (χ0) is 16.6. The van der Waals surface area contributed by atoms with Crippen LogP contribution >= 0.6 is 0 Å². The number of halogens is 2. The lowest BCUT2D eigenvalue weighted by Gasteiger charge is -2.04. The molecule has 9 heteroatoms. The van der Waals surface area contributed by atoms with E-state index in [4.69, 9.17) is 0 Å². The molecule has 0 radical (unpaired) electrons. The first-order chi connectivity index (χ1) is 11.0. The highest BCUT2D eigenvalue weighted by atomic mass is 19.1. The molecule has 3 rings (SSSR count). The molecule has 0 amide bonds. The van der Waals surface area contributed by atoms with Gasteiger partial charge in [0.25, 0.3) is 0 Å².